The second-order valence-corrected chi connectivity index (χ2v) is 8.39. The number of hydrogen-bond acceptors (Lipinski definition) is 2. The van der Waals surface area contributed by atoms with Gasteiger partial charge in [-0.25, -0.2) is 0 Å². The molecule has 1 aromatic rings. The molecular weight excluding hydrogens is 270 g/mol. The summed E-state index contributed by atoms with van der Waals surface area (Å²) >= 11 is 0. The maximum atomic E-state index is 9.76. The van der Waals surface area contributed by atoms with E-state index in [1.807, 2.05) is 12.1 Å². The zero-order valence-electron chi connectivity index (χ0n) is 13.9. The lowest BCUT2D eigenvalue weighted by atomic mass is 9.53. The fraction of sp³-hybridized carbons (Fsp3) is 0.700. The molecule has 2 heteroatoms. The third kappa shape index (κ3) is 1.96. The average Bonchev–Trinajstić information content (AvgIpc) is 2.84. The van der Waals surface area contributed by atoms with E-state index in [0.29, 0.717) is 29.0 Å². The minimum absolute atomic E-state index is 0.333. The molecule has 0 amide bonds. The summed E-state index contributed by atoms with van der Waals surface area (Å²) in [5.74, 6) is 3.54. The summed E-state index contributed by atoms with van der Waals surface area (Å²) < 4.78 is 0. The van der Waals surface area contributed by atoms with Crippen molar-refractivity contribution in [2.45, 2.75) is 64.3 Å². The number of aryl methyl sites for hydroxylation is 1. The largest absolute Gasteiger partial charge is 0.508 e. The minimum Gasteiger partial charge on any atom is -0.508 e. The molecule has 0 aliphatic heterocycles. The summed E-state index contributed by atoms with van der Waals surface area (Å²) in [4.78, 5) is 0. The lowest BCUT2D eigenvalue weighted by molar-refractivity contribution is 0.0224. The topological polar surface area (TPSA) is 46.2 Å². The highest BCUT2D eigenvalue weighted by Gasteiger charge is 2.55. The Morgan fingerprint density at radius 3 is 2.82 bits per heavy atom. The van der Waals surface area contributed by atoms with Crippen molar-refractivity contribution >= 4 is 0 Å². The van der Waals surface area contributed by atoms with Crippen LogP contribution < -0.4 is 5.73 Å². The van der Waals surface area contributed by atoms with Crippen molar-refractivity contribution in [2.75, 3.05) is 0 Å². The van der Waals surface area contributed by atoms with Gasteiger partial charge < -0.3 is 10.8 Å². The van der Waals surface area contributed by atoms with Gasteiger partial charge in [0.05, 0.1) is 0 Å². The van der Waals surface area contributed by atoms with Crippen molar-refractivity contribution in [3.8, 4) is 5.75 Å². The summed E-state index contributed by atoms with van der Waals surface area (Å²) in [7, 11) is 0. The molecule has 1 aromatic carbocycles. The van der Waals surface area contributed by atoms with E-state index in [4.69, 9.17) is 5.73 Å². The number of nitrogens with two attached hydrogens (primary N) is 1. The van der Waals surface area contributed by atoms with Crippen LogP contribution in [0, 0.1) is 23.2 Å². The average molecular weight is 299 g/mol. The van der Waals surface area contributed by atoms with Crippen molar-refractivity contribution < 1.29 is 5.11 Å². The Bertz CT molecular complexity index is 581. The number of rotatable bonds is 1. The molecule has 6 atom stereocenters. The second-order valence-electron chi connectivity index (χ2n) is 8.39. The lowest BCUT2D eigenvalue weighted by Gasteiger charge is -2.51. The van der Waals surface area contributed by atoms with Gasteiger partial charge in [-0.3, -0.25) is 0 Å². The van der Waals surface area contributed by atoms with Gasteiger partial charge in [0.25, 0.3) is 0 Å². The van der Waals surface area contributed by atoms with Gasteiger partial charge in [-0.15, -0.1) is 0 Å². The number of fused-ring (bicyclic) bond motifs is 5. The number of benzene rings is 1. The first-order chi connectivity index (χ1) is 10.5. The first-order valence-electron chi connectivity index (χ1n) is 9.08. The fourth-order valence-electron chi connectivity index (χ4n) is 6.47. The molecule has 3 aliphatic rings. The van der Waals surface area contributed by atoms with Crippen molar-refractivity contribution in [1.29, 1.82) is 0 Å². The van der Waals surface area contributed by atoms with Crippen LogP contribution in [-0.4, -0.2) is 11.1 Å². The summed E-state index contributed by atoms with van der Waals surface area (Å²) in [5, 5.41) is 9.76. The first-order valence-corrected chi connectivity index (χ1v) is 9.08. The molecule has 0 radical (unpaired) electrons. The summed E-state index contributed by atoms with van der Waals surface area (Å²) in [5.41, 5.74) is 9.71. The summed E-state index contributed by atoms with van der Waals surface area (Å²) in [6, 6.07) is 6.41. The van der Waals surface area contributed by atoms with Crippen LogP contribution in [0.1, 0.15) is 63.0 Å². The Hall–Kier alpha value is -1.02. The molecule has 0 spiro atoms. The predicted molar refractivity (Wildman–Crippen MR) is 89.9 cm³/mol. The van der Waals surface area contributed by atoms with Gasteiger partial charge in [0, 0.05) is 6.04 Å². The molecule has 0 heterocycles. The molecule has 3 N–H and O–H groups in total. The quantitative estimate of drug-likeness (QED) is 0.816. The molecule has 0 bridgehead atoms. The molecule has 22 heavy (non-hydrogen) atoms. The van der Waals surface area contributed by atoms with E-state index in [-0.39, 0.29) is 0 Å². The van der Waals surface area contributed by atoms with Gasteiger partial charge in [-0.1, -0.05) is 13.0 Å². The Morgan fingerprint density at radius 1 is 1.23 bits per heavy atom. The molecule has 0 aromatic heterocycles. The fourth-order valence-corrected chi connectivity index (χ4v) is 6.47. The zero-order chi connectivity index (χ0) is 15.5. The molecule has 3 aliphatic carbocycles. The predicted octanol–water partition coefficient (Wildman–Crippen LogP) is 4.21. The van der Waals surface area contributed by atoms with Crippen LogP contribution in [0.25, 0.3) is 0 Å². The van der Waals surface area contributed by atoms with Crippen molar-refractivity contribution in [3.63, 3.8) is 0 Å². The van der Waals surface area contributed by atoms with Gasteiger partial charge in [-0.05, 0) is 97.8 Å². The standard InChI is InChI=1S/C20H29NO/c1-12(21)18-7-8-19-17-5-3-13-11-14(22)4-6-15(13)16(17)9-10-20(18,19)2/h4,6,11-12,16-19,22H,3,5,7-10,21H2,1-2H3/t12-,16-,17-,18-,19-,20+/m0/s1. The molecule has 0 saturated heterocycles. The SMILES string of the molecule is C[C@H](N)[C@@H]1CC[C@H]2[C@H]3CCc4cc(O)ccc4[C@@H]3CC[C@@]21C. The highest BCUT2D eigenvalue weighted by Crippen LogP contribution is 2.63. The monoisotopic (exact) mass is 299 g/mol. The molecule has 0 unspecified atom stereocenters. The van der Waals surface area contributed by atoms with Crippen LogP contribution in [-0.2, 0) is 6.42 Å². The van der Waals surface area contributed by atoms with Crippen LogP contribution in [0.3, 0.4) is 0 Å². The molecule has 2 fully saturated rings. The van der Waals surface area contributed by atoms with Crippen molar-refractivity contribution in [3.05, 3.63) is 29.3 Å². The van der Waals surface area contributed by atoms with E-state index in [9.17, 15) is 5.11 Å². The summed E-state index contributed by atoms with van der Waals surface area (Å²) in [6.07, 6.45) is 7.76. The highest BCUT2D eigenvalue weighted by molar-refractivity contribution is 5.40. The van der Waals surface area contributed by atoms with Gasteiger partial charge in [0.1, 0.15) is 5.75 Å². The van der Waals surface area contributed by atoms with Gasteiger partial charge in [0.15, 0.2) is 0 Å². The van der Waals surface area contributed by atoms with E-state index >= 15 is 0 Å². The van der Waals surface area contributed by atoms with Crippen molar-refractivity contribution in [1.82, 2.24) is 0 Å². The maximum Gasteiger partial charge on any atom is 0.115 e. The third-order valence-corrected chi connectivity index (χ3v) is 7.42. The zero-order valence-corrected chi connectivity index (χ0v) is 13.9. The number of hydrogen-bond donors (Lipinski definition) is 2. The Morgan fingerprint density at radius 2 is 2.05 bits per heavy atom. The van der Waals surface area contributed by atoms with Gasteiger partial charge in [-0.2, -0.15) is 0 Å². The number of phenolic OH excluding ortho intramolecular Hbond substituents is 1. The van der Waals surface area contributed by atoms with E-state index < -0.39 is 0 Å². The Balaban J connectivity index is 1.67. The van der Waals surface area contributed by atoms with E-state index in [1.54, 1.807) is 0 Å². The maximum absolute atomic E-state index is 9.76. The van der Waals surface area contributed by atoms with Crippen LogP contribution in [0.15, 0.2) is 18.2 Å². The molecule has 4 rings (SSSR count). The van der Waals surface area contributed by atoms with E-state index in [1.165, 1.54) is 43.2 Å². The summed E-state index contributed by atoms with van der Waals surface area (Å²) in [6.45, 7) is 4.74. The Kier molecular flexibility index (Phi) is 3.30. The minimum atomic E-state index is 0.333. The third-order valence-electron chi connectivity index (χ3n) is 7.42. The first kappa shape index (κ1) is 14.6. The smallest absolute Gasteiger partial charge is 0.115 e. The van der Waals surface area contributed by atoms with E-state index in [0.717, 1.165) is 18.3 Å². The van der Waals surface area contributed by atoms with Crippen LogP contribution in [0.2, 0.25) is 0 Å². The van der Waals surface area contributed by atoms with Crippen LogP contribution in [0.4, 0.5) is 0 Å². The number of aromatic hydroxyl groups is 1. The second kappa shape index (κ2) is 4.99. The van der Waals surface area contributed by atoms with E-state index in [2.05, 4.69) is 19.9 Å². The Labute approximate surface area is 134 Å². The van der Waals surface area contributed by atoms with Crippen molar-refractivity contribution in [2.24, 2.45) is 28.9 Å². The number of phenols is 1. The van der Waals surface area contributed by atoms with Gasteiger partial charge in [0.2, 0.25) is 0 Å². The molecule has 120 valence electrons. The lowest BCUT2D eigenvalue weighted by Crippen LogP contribution is -2.46. The highest BCUT2D eigenvalue weighted by atomic mass is 16.3. The molecule has 2 saturated carbocycles. The van der Waals surface area contributed by atoms with Gasteiger partial charge >= 0.3 is 0 Å². The molecule has 2 nitrogen and oxygen atoms in total. The van der Waals surface area contributed by atoms with Crippen LogP contribution in [0.5, 0.6) is 5.75 Å². The van der Waals surface area contributed by atoms with Crippen LogP contribution >= 0.6 is 0 Å². The normalized spacial score (nSPS) is 41.4. The molecular formula is C20H29NO.